The highest BCUT2D eigenvalue weighted by molar-refractivity contribution is 5.87. The molecule has 2 heterocycles. The molecule has 0 atom stereocenters. The zero-order valence-electron chi connectivity index (χ0n) is 18.9. The fourth-order valence-corrected chi connectivity index (χ4v) is 3.75. The van der Waals surface area contributed by atoms with Crippen LogP contribution in [0.2, 0.25) is 0 Å². The fourth-order valence-electron chi connectivity index (χ4n) is 3.75. The molecule has 0 N–H and O–H groups in total. The molecule has 0 aliphatic carbocycles. The predicted octanol–water partition coefficient (Wildman–Crippen LogP) is 5.39. The molecule has 0 radical (unpaired) electrons. The topological polar surface area (TPSA) is 113 Å². The van der Waals surface area contributed by atoms with E-state index in [0.717, 1.165) is 10.1 Å². The lowest BCUT2D eigenvalue weighted by Crippen LogP contribution is -2.20. The first kappa shape index (κ1) is 22.0. The third-order valence-corrected chi connectivity index (χ3v) is 5.29. The molecule has 5 rings (SSSR count). The largest absolute Gasteiger partial charge is 0.484 e. The summed E-state index contributed by atoms with van der Waals surface area (Å²) in [5.41, 5.74) is 0.900. The Bertz CT molecular complexity index is 1630. The summed E-state index contributed by atoms with van der Waals surface area (Å²) in [6, 6.07) is 20.7. The van der Waals surface area contributed by atoms with E-state index in [4.69, 9.17) is 9.15 Å². The van der Waals surface area contributed by atoms with Gasteiger partial charge in [0.05, 0.1) is 28.1 Å². The molecule has 0 amide bonds. The quantitative estimate of drug-likeness (QED) is 0.188. The Balaban J connectivity index is 1.72. The number of fused-ring (bicyclic) bond motifs is 2. The molecule has 5 aromatic rings. The van der Waals surface area contributed by atoms with Crippen molar-refractivity contribution in [2.75, 3.05) is 0 Å². The van der Waals surface area contributed by atoms with Crippen molar-refractivity contribution in [1.82, 2.24) is 9.66 Å². The van der Waals surface area contributed by atoms with Crippen LogP contribution in [-0.2, 0) is 0 Å². The van der Waals surface area contributed by atoms with Crippen LogP contribution < -0.4 is 10.3 Å². The van der Waals surface area contributed by atoms with Gasteiger partial charge in [-0.1, -0.05) is 36.4 Å². The monoisotopic (exact) mass is 468 g/mol. The van der Waals surface area contributed by atoms with Crippen molar-refractivity contribution in [2.45, 2.75) is 20.0 Å². The standard InChI is InChI=1S/C26H20N4O5/c1-16(2)34-24-18(9-7-12-21(24)30(32)33)15-27-29-25(23-14-17-8-3-6-13-22(17)35-23)28-20-11-5-4-10-19(20)26(29)31/h3-16H,1-2H3. The number of nitro benzene ring substituents is 1. The van der Waals surface area contributed by atoms with Crippen molar-refractivity contribution >= 4 is 33.8 Å². The average molecular weight is 468 g/mol. The minimum atomic E-state index is -0.515. The minimum absolute atomic E-state index is 0.0725. The Hall–Kier alpha value is -4.79. The maximum atomic E-state index is 13.4. The van der Waals surface area contributed by atoms with Crippen LogP contribution in [0.5, 0.6) is 5.75 Å². The minimum Gasteiger partial charge on any atom is -0.484 e. The van der Waals surface area contributed by atoms with Crippen molar-refractivity contribution in [3.63, 3.8) is 0 Å². The number of nitrogens with zero attached hydrogens (tertiary/aromatic N) is 4. The van der Waals surface area contributed by atoms with E-state index in [2.05, 4.69) is 10.1 Å². The van der Waals surface area contributed by atoms with E-state index in [-0.39, 0.29) is 23.4 Å². The Morgan fingerprint density at radius 3 is 2.63 bits per heavy atom. The van der Waals surface area contributed by atoms with Crippen molar-refractivity contribution in [3.05, 3.63) is 98.8 Å². The van der Waals surface area contributed by atoms with Gasteiger partial charge in [-0.25, -0.2) is 4.98 Å². The lowest BCUT2D eigenvalue weighted by atomic mass is 10.2. The van der Waals surface area contributed by atoms with E-state index in [1.54, 1.807) is 50.2 Å². The highest BCUT2D eigenvalue weighted by atomic mass is 16.6. The van der Waals surface area contributed by atoms with Gasteiger partial charge in [-0.15, -0.1) is 0 Å². The van der Waals surface area contributed by atoms with Crippen LogP contribution in [0.1, 0.15) is 19.4 Å². The van der Waals surface area contributed by atoms with Crippen molar-refractivity contribution < 1.29 is 14.1 Å². The first-order valence-corrected chi connectivity index (χ1v) is 10.9. The highest BCUT2D eigenvalue weighted by Gasteiger charge is 2.20. The molecule has 3 aromatic carbocycles. The molecule has 0 aliphatic rings. The number of aromatic nitrogens is 2. The Morgan fingerprint density at radius 2 is 1.86 bits per heavy atom. The van der Waals surface area contributed by atoms with Crippen LogP contribution in [-0.4, -0.2) is 26.9 Å². The number of hydrogen-bond donors (Lipinski definition) is 0. The van der Waals surface area contributed by atoms with Gasteiger partial charge in [0.15, 0.2) is 5.76 Å². The number of ether oxygens (including phenoxy) is 1. The predicted molar refractivity (Wildman–Crippen MR) is 133 cm³/mol. The van der Waals surface area contributed by atoms with E-state index < -0.39 is 10.5 Å². The van der Waals surface area contributed by atoms with E-state index in [1.165, 1.54) is 18.3 Å². The molecular weight excluding hydrogens is 448 g/mol. The number of nitro groups is 1. The van der Waals surface area contributed by atoms with Gasteiger partial charge < -0.3 is 9.15 Å². The van der Waals surface area contributed by atoms with Crippen LogP contribution in [0.3, 0.4) is 0 Å². The lowest BCUT2D eigenvalue weighted by Gasteiger charge is -2.12. The summed E-state index contributed by atoms with van der Waals surface area (Å²) in [5, 5.41) is 17.2. The van der Waals surface area contributed by atoms with Gasteiger partial charge in [-0.2, -0.15) is 9.78 Å². The summed E-state index contributed by atoms with van der Waals surface area (Å²) in [5.74, 6) is 0.644. The van der Waals surface area contributed by atoms with E-state index >= 15 is 0 Å². The van der Waals surface area contributed by atoms with Crippen molar-refractivity contribution in [3.8, 4) is 17.3 Å². The summed E-state index contributed by atoms with van der Waals surface area (Å²) in [4.78, 5) is 29.1. The van der Waals surface area contributed by atoms with Crippen LogP contribution >= 0.6 is 0 Å². The molecule has 0 aliphatic heterocycles. The number of benzene rings is 3. The molecule has 9 heteroatoms. The summed E-state index contributed by atoms with van der Waals surface area (Å²) in [7, 11) is 0. The van der Waals surface area contributed by atoms with Gasteiger partial charge in [-0.05, 0) is 44.2 Å². The zero-order chi connectivity index (χ0) is 24.5. The highest BCUT2D eigenvalue weighted by Crippen LogP contribution is 2.31. The van der Waals surface area contributed by atoms with Gasteiger partial charge in [0, 0.05) is 17.0 Å². The van der Waals surface area contributed by atoms with Crippen molar-refractivity contribution in [2.24, 2.45) is 5.10 Å². The second-order valence-corrected chi connectivity index (χ2v) is 8.08. The van der Waals surface area contributed by atoms with Crippen molar-refractivity contribution in [1.29, 1.82) is 0 Å². The second-order valence-electron chi connectivity index (χ2n) is 8.08. The van der Waals surface area contributed by atoms with Crippen LogP contribution in [0.25, 0.3) is 33.5 Å². The van der Waals surface area contributed by atoms with Crippen LogP contribution in [0.4, 0.5) is 5.69 Å². The Morgan fingerprint density at radius 1 is 1.09 bits per heavy atom. The molecule has 0 bridgehead atoms. The van der Waals surface area contributed by atoms with Crippen LogP contribution in [0, 0.1) is 10.1 Å². The molecule has 0 saturated carbocycles. The smallest absolute Gasteiger partial charge is 0.311 e. The number of para-hydroxylation sites is 3. The zero-order valence-corrected chi connectivity index (χ0v) is 18.9. The van der Waals surface area contributed by atoms with Gasteiger partial charge in [-0.3, -0.25) is 14.9 Å². The molecule has 0 unspecified atom stereocenters. The average Bonchev–Trinajstić information content (AvgIpc) is 3.28. The molecule has 35 heavy (non-hydrogen) atoms. The first-order chi connectivity index (χ1) is 16.9. The van der Waals surface area contributed by atoms with E-state index in [1.807, 2.05) is 24.3 Å². The lowest BCUT2D eigenvalue weighted by molar-refractivity contribution is -0.386. The summed E-state index contributed by atoms with van der Waals surface area (Å²) < 4.78 is 12.8. The van der Waals surface area contributed by atoms with E-state index in [9.17, 15) is 14.9 Å². The third kappa shape index (κ3) is 4.15. The number of hydrogen-bond acceptors (Lipinski definition) is 7. The normalized spacial score (nSPS) is 11.6. The third-order valence-electron chi connectivity index (χ3n) is 5.29. The molecule has 0 spiro atoms. The molecule has 2 aromatic heterocycles. The second kappa shape index (κ2) is 8.86. The molecule has 0 fully saturated rings. The summed E-state index contributed by atoms with van der Waals surface area (Å²) in [6.45, 7) is 3.55. The first-order valence-electron chi connectivity index (χ1n) is 10.9. The Labute approximate surface area is 199 Å². The molecule has 0 saturated heterocycles. The van der Waals surface area contributed by atoms with E-state index in [0.29, 0.717) is 27.8 Å². The van der Waals surface area contributed by atoms with Crippen LogP contribution in [0.15, 0.2) is 87.1 Å². The maximum Gasteiger partial charge on any atom is 0.311 e. The van der Waals surface area contributed by atoms with Gasteiger partial charge in [0.2, 0.25) is 11.6 Å². The summed E-state index contributed by atoms with van der Waals surface area (Å²) >= 11 is 0. The SMILES string of the molecule is CC(C)Oc1c(C=Nn2c(-c3cc4ccccc4o3)nc3ccccc3c2=O)cccc1[N+](=O)[O-]. The molecular formula is C26H20N4O5. The maximum absolute atomic E-state index is 13.4. The van der Waals surface area contributed by atoms with Gasteiger partial charge in [0.1, 0.15) is 5.58 Å². The number of rotatable bonds is 6. The Kier molecular flexibility index (Phi) is 5.58. The molecule has 174 valence electrons. The molecule has 9 nitrogen and oxygen atoms in total. The van der Waals surface area contributed by atoms with Gasteiger partial charge in [0.25, 0.3) is 5.56 Å². The number of furan rings is 1. The van der Waals surface area contributed by atoms with Gasteiger partial charge >= 0.3 is 5.69 Å². The summed E-state index contributed by atoms with van der Waals surface area (Å²) in [6.07, 6.45) is 1.05. The fraction of sp³-hybridized carbons (Fsp3) is 0.115.